The van der Waals surface area contributed by atoms with Gasteiger partial charge < -0.3 is 9.67 Å². The van der Waals surface area contributed by atoms with Crippen LogP contribution in [-0.4, -0.2) is 15.6 Å². The van der Waals surface area contributed by atoms with E-state index in [1.807, 2.05) is 0 Å². The number of halogens is 4. The zero-order chi connectivity index (χ0) is 16.5. The van der Waals surface area contributed by atoms with Gasteiger partial charge in [0.25, 0.3) is 5.56 Å². The van der Waals surface area contributed by atoms with Crippen LogP contribution in [-0.2, 0) is 17.5 Å². The third-order valence-electron chi connectivity index (χ3n) is 2.90. The van der Waals surface area contributed by atoms with Gasteiger partial charge in [0.1, 0.15) is 6.54 Å². The van der Waals surface area contributed by atoms with Crippen molar-refractivity contribution < 1.29 is 23.1 Å². The molecule has 4 nitrogen and oxygen atoms in total. The number of benzene rings is 1. The maximum atomic E-state index is 13.0. The van der Waals surface area contributed by atoms with Crippen molar-refractivity contribution >= 4 is 17.6 Å². The second kappa shape index (κ2) is 5.84. The van der Waals surface area contributed by atoms with Gasteiger partial charge in [0, 0.05) is 17.3 Å². The van der Waals surface area contributed by atoms with Gasteiger partial charge in [-0.25, -0.2) is 0 Å². The highest BCUT2D eigenvalue weighted by Crippen LogP contribution is 2.38. The minimum absolute atomic E-state index is 0.0152. The van der Waals surface area contributed by atoms with Gasteiger partial charge in [0.15, 0.2) is 0 Å². The monoisotopic (exact) mass is 331 g/mol. The van der Waals surface area contributed by atoms with Gasteiger partial charge >= 0.3 is 12.1 Å². The van der Waals surface area contributed by atoms with Crippen LogP contribution in [0.2, 0.25) is 5.02 Å². The number of carbonyl (C=O) groups is 1. The van der Waals surface area contributed by atoms with Gasteiger partial charge in [-0.2, -0.15) is 13.2 Å². The number of nitrogens with zero attached hydrogens (tertiary/aromatic N) is 1. The first kappa shape index (κ1) is 16.1. The van der Waals surface area contributed by atoms with Crippen LogP contribution in [0.25, 0.3) is 11.1 Å². The van der Waals surface area contributed by atoms with E-state index in [4.69, 9.17) is 16.7 Å². The highest BCUT2D eigenvalue weighted by molar-refractivity contribution is 6.30. The summed E-state index contributed by atoms with van der Waals surface area (Å²) in [6.45, 7) is -0.569. The van der Waals surface area contributed by atoms with E-state index in [-0.39, 0.29) is 16.1 Å². The molecule has 8 heteroatoms. The molecule has 1 heterocycles. The van der Waals surface area contributed by atoms with Gasteiger partial charge in [-0.1, -0.05) is 11.6 Å². The lowest BCUT2D eigenvalue weighted by Crippen LogP contribution is -2.22. The lowest BCUT2D eigenvalue weighted by molar-refractivity contribution is -0.138. The van der Waals surface area contributed by atoms with E-state index in [0.717, 1.165) is 35.0 Å². The summed E-state index contributed by atoms with van der Waals surface area (Å²) < 4.78 is 39.9. The molecule has 1 N–H and O–H groups in total. The van der Waals surface area contributed by atoms with Crippen molar-refractivity contribution in [1.82, 2.24) is 4.57 Å². The Balaban J connectivity index is 2.57. The average molecular weight is 332 g/mol. The number of carboxylic acids is 1. The first-order valence-electron chi connectivity index (χ1n) is 5.98. The molecule has 0 radical (unpaired) electrons. The molecule has 1 aromatic heterocycles. The molecule has 2 aromatic rings. The zero-order valence-electron chi connectivity index (χ0n) is 10.9. The van der Waals surface area contributed by atoms with Gasteiger partial charge in [0.2, 0.25) is 0 Å². The summed E-state index contributed by atoms with van der Waals surface area (Å²) in [5.41, 5.74) is -1.86. The van der Waals surface area contributed by atoms with Crippen molar-refractivity contribution in [2.24, 2.45) is 0 Å². The standard InChI is InChI=1S/C14H9ClF3NO3/c15-9-1-2-11(14(16,17)18)10(6-9)8-3-4-19(7-13(21)22)12(20)5-8/h1-6H,7H2,(H,21,22). The van der Waals surface area contributed by atoms with E-state index < -0.39 is 29.8 Å². The van der Waals surface area contributed by atoms with E-state index in [9.17, 15) is 22.8 Å². The Labute approximate surface area is 127 Å². The lowest BCUT2D eigenvalue weighted by atomic mass is 10.0. The SMILES string of the molecule is O=C(O)Cn1ccc(-c2cc(Cl)ccc2C(F)(F)F)cc1=O. The van der Waals surface area contributed by atoms with Crippen molar-refractivity contribution in [2.75, 3.05) is 0 Å². The molecule has 0 unspecified atom stereocenters. The molecular weight excluding hydrogens is 323 g/mol. The van der Waals surface area contributed by atoms with Crippen LogP contribution in [0.15, 0.2) is 41.3 Å². The molecule has 0 fully saturated rings. The van der Waals surface area contributed by atoms with Crippen LogP contribution in [0.4, 0.5) is 13.2 Å². The molecule has 22 heavy (non-hydrogen) atoms. The predicted molar refractivity (Wildman–Crippen MR) is 73.8 cm³/mol. The van der Waals surface area contributed by atoms with E-state index >= 15 is 0 Å². The normalized spacial score (nSPS) is 11.5. The van der Waals surface area contributed by atoms with Crippen LogP contribution in [0.1, 0.15) is 5.56 Å². The molecule has 0 aliphatic heterocycles. The predicted octanol–water partition coefficient (Wildman–Crippen LogP) is 3.27. The van der Waals surface area contributed by atoms with Crippen LogP contribution in [0, 0.1) is 0 Å². The van der Waals surface area contributed by atoms with Crippen LogP contribution < -0.4 is 5.56 Å². The Morgan fingerprint density at radius 1 is 1.23 bits per heavy atom. The van der Waals surface area contributed by atoms with Crippen molar-refractivity contribution in [2.45, 2.75) is 12.7 Å². The summed E-state index contributed by atoms with van der Waals surface area (Å²) in [6, 6.07) is 5.25. The van der Waals surface area contributed by atoms with Crippen molar-refractivity contribution in [3.8, 4) is 11.1 Å². The minimum atomic E-state index is -4.60. The molecule has 0 spiro atoms. The number of pyridine rings is 1. The third kappa shape index (κ3) is 3.48. The number of carboxylic acid groups (broad SMARTS) is 1. The Hall–Kier alpha value is -2.28. The first-order chi connectivity index (χ1) is 10.2. The molecular formula is C14H9ClF3NO3. The van der Waals surface area contributed by atoms with Gasteiger partial charge in [-0.15, -0.1) is 0 Å². The fourth-order valence-electron chi connectivity index (χ4n) is 1.95. The maximum absolute atomic E-state index is 13.0. The molecule has 116 valence electrons. The summed E-state index contributed by atoms with van der Waals surface area (Å²) in [5.74, 6) is -1.23. The lowest BCUT2D eigenvalue weighted by Gasteiger charge is -2.13. The van der Waals surface area contributed by atoms with Crippen LogP contribution >= 0.6 is 11.6 Å². The van der Waals surface area contributed by atoms with E-state index in [1.54, 1.807) is 0 Å². The number of aliphatic carboxylic acids is 1. The molecule has 0 bridgehead atoms. The van der Waals surface area contributed by atoms with E-state index in [2.05, 4.69) is 0 Å². The Kier molecular flexibility index (Phi) is 4.27. The zero-order valence-corrected chi connectivity index (χ0v) is 11.6. The summed E-state index contributed by atoms with van der Waals surface area (Å²) in [6.07, 6.45) is -3.47. The largest absolute Gasteiger partial charge is 0.480 e. The van der Waals surface area contributed by atoms with Crippen molar-refractivity contribution in [3.05, 3.63) is 57.5 Å². The Morgan fingerprint density at radius 2 is 1.91 bits per heavy atom. The smallest absolute Gasteiger partial charge is 0.417 e. The fourth-order valence-corrected chi connectivity index (χ4v) is 2.13. The molecule has 0 saturated heterocycles. The molecule has 2 rings (SSSR count). The van der Waals surface area contributed by atoms with Crippen molar-refractivity contribution in [1.29, 1.82) is 0 Å². The minimum Gasteiger partial charge on any atom is -0.480 e. The summed E-state index contributed by atoms with van der Waals surface area (Å²) >= 11 is 5.73. The molecule has 0 atom stereocenters. The van der Waals surface area contributed by atoms with Gasteiger partial charge in [-0.3, -0.25) is 9.59 Å². The summed E-state index contributed by atoms with van der Waals surface area (Å²) in [5, 5.41) is 8.73. The van der Waals surface area contributed by atoms with Crippen LogP contribution in [0.5, 0.6) is 0 Å². The fraction of sp³-hybridized carbons (Fsp3) is 0.143. The second-order valence-corrected chi connectivity index (χ2v) is 4.90. The molecule has 0 saturated carbocycles. The Morgan fingerprint density at radius 3 is 2.45 bits per heavy atom. The Bertz CT molecular complexity index is 784. The van der Waals surface area contributed by atoms with Gasteiger partial charge in [-0.05, 0) is 35.4 Å². The summed E-state index contributed by atoms with van der Waals surface area (Å²) in [7, 11) is 0. The average Bonchev–Trinajstić information content (AvgIpc) is 2.39. The summed E-state index contributed by atoms with van der Waals surface area (Å²) in [4.78, 5) is 22.4. The quantitative estimate of drug-likeness (QED) is 0.939. The first-order valence-corrected chi connectivity index (χ1v) is 6.35. The molecule has 0 amide bonds. The third-order valence-corrected chi connectivity index (χ3v) is 3.13. The van der Waals surface area contributed by atoms with Crippen LogP contribution in [0.3, 0.4) is 0 Å². The topological polar surface area (TPSA) is 59.3 Å². The van der Waals surface area contributed by atoms with E-state index in [0.29, 0.717) is 0 Å². The molecule has 0 aliphatic rings. The number of alkyl halides is 3. The van der Waals surface area contributed by atoms with Crippen molar-refractivity contribution in [3.63, 3.8) is 0 Å². The highest BCUT2D eigenvalue weighted by Gasteiger charge is 2.33. The highest BCUT2D eigenvalue weighted by atomic mass is 35.5. The molecule has 1 aromatic carbocycles. The second-order valence-electron chi connectivity index (χ2n) is 4.46. The number of rotatable bonds is 3. The maximum Gasteiger partial charge on any atom is 0.417 e. The number of hydrogen-bond acceptors (Lipinski definition) is 2. The van der Waals surface area contributed by atoms with Gasteiger partial charge in [0.05, 0.1) is 5.56 Å². The molecule has 0 aliphatic carbocycles. The number of hydrogen-bond donors (Lipinski definition) is 1. The van der Waals surface area contributed by atoms with E-state index in [1.165, 1.54) is 6.07 Å². The number of aromatic nitrogens is 1.